The van der Waals surface area contributed by atoms with Gasteiger partial charge < -0.3 is 14.7 Å². The van der Waals surface area contributed by atoms with Crippen molar-refractivity contribution < 1.29 is 0 Å². The van der Waals surface area contributed by atoms with Gasteiger partial charge in [-0.3, -0.25) is 0 Å². The van der Waals surface area contributed by atoms with Gasteiger partial charge in [0, 0.05) is 51.2 Å². The van der Waals surface area contributed by atoms with Crippen LogP contribution >= 0.6 is 0 Å². The molecule has 292 valence electrons. The van der Waals surface area contributed by atoms with Crippen molar-refractivity contribution in [2.45, 2.75) is 55.4 Å². The van der Waals surface area contributed by atoms with Crippen LogP contribution in [0.4, 0.5) is 51.2 Å². The topological polar surface area (TPSA) is 9.72 Å². The molecule has 8 aromatic carbocycles. The fraction of sp³-hybridized carbons (Fsp3) is 0.143. The minimum atomic E-state index is 1.08. The van der Waals surface area contributed by atoms with E-state index in [1.54, 1.807) is 0 Å². The molecule has 0 bridgehead atoms. The molecule has 0 atom stereocenters. The van der Waals surface area contributed by atoms with E-state index < -0.39 is 0 Å². The van der Waals surface area contributed by atoms with Crippen molar-refractivity contribution >= 4 is 51.2 Å². The summed E-state index contributed by atoms with van der Waals surface area (Å²) in [5.74, 6) is 0. The molecule has 0 fully saturated rings. The summed E-state index contributed by atoms with van der Waals surface area (Å²) in [7, 11) is 0. The summed E-state index contributed by atoms with van der Waals surface area (Å²) >= 11 is 0. The van der Waals surface area contributed by atoms with Crippen LogP contribution in [-0.4, -0.2) is 0 Å². The second-order valence-corrected chi connectivity index (χ2v) is 16.0. The van der Waals surface area contributed by atoms with Crippen LogP contribution in [-0.2, 0) is 0 Å². The SMILES string of the molecule is Cc1ccc(N(c2ccc(N(c3ccc(-c4ccccc4)cc3)c3ccc(N(c4ccc(C)c(C)c4)c4ccc(C)c(C)c4)cc3)cc2)c2ccc(C)c(C)c2)cc1C. The van der Waals surface area contributed by atoms with Crippen LogP contribution < -0.4 is 14.7 Å². The lowest BCUT2D eigenvalue weighted by molar-refractivity contribution is 1.22. The normalized spacial score (nSPS) is 11.1. The van der Waals surface area contributed by atoms with E-state index >= 15 is 0 Å². The van der Waals surface area contributed by atoms with Gasteiger partial charge in [-0.05, 0) is 220 Å². The third-order valence-corrected chi connectivity index (χ3v) is 12.0. The molecule has 8 aromatic rings. The molecule has 0 radical (unpaired) electrons. The number of anilines is 9. The molecule has 0 saturated carbocycles. The second kappa shape index (κ2) is 16.6. The lowest BCUT2D eigenvalue weighted by Crippen LogP contribution is -2.13. The monoisotopic (exact) mass is 767 g/mol. The van der Waals surface area contributed by atoms with E-state index in [0.29, 0.717) is 0 Å². The van der Waals surface area contributed by atoms with Gasteiger partial charge in [0.25, 0.3) is 0 Å². The van der Waals surface area contributed by atoms with E-state index in [2.05, 4.69) is 246 Å². The minimum absolute atomic E-state index is 1.08. The standard InChI is InChI=1S/C56H53N3/c1-38-14-20-53(34-42(38)5)58(54-21-15-39(2)43(6)35-54)51-30-26-49(27-31-51)57(48-24-18-47(19-25-48)46-12-10-9-11-13-46)50-28-32-52(33-29-50)59(55-22-16-40(3)44(7)36-55)56-23-17-41(4)45(8)37-56/h9-37H,1-8H3. The van der Waals surface area contributed by atoms with Gasteiger partial charge in [-0.15, -0.1) is 0 Å². The molecule has 0 aliphatic rings. The molecule has 0 spiro atoms. The Morgan fingerprint density at radius 3 is 0.695 bits per heavy atom. The summed E-state index contributed by atoms with van der Waals surface area (Å²) in [6, 6.07) is 64.5. The van der Waals surface area contributed by atoms with Gasteiger partial charge in [0.1, 0.15) is 0 Å². The number of hydrogen-bond acceptors (Lipinski definition) is 3. The summed E-state index contributed by atoms with van der Waals surface area (Å²) in [5, 5.41) is 0. The highest BCUT2D eigenvalue weighted by Gasteiger charge is 2.19. The van der Waals surface area contributed by atoms with Crippen molar-refractivity contribution in [3.05, 3.63) is 220 Å². The van der Waals surface area contributed by atoms with Crippen molar-refractivity contribution in [2.24, 2.45) is 0 Å². The van der Waals surface area contributed by atoms with Gasteiger partial charge in [0.15, 0.2) is 0 Å². The van der Waals surface area contributed by atoms with Gasteiger partial charge in [0.2, 0.25) is 0 Å². The van der Waals surface area contributed by atoms with Gasteiger partial charge in [-0.25, -0.2) is 0 Å². The second-order valence-electron chi connectivity index (χ2n) is 16.0. The first-order valence-corrected chi connectivity index (χ1v) is 20.6. The molecular formula is C56H53N3. The lowest BCUT2D eigenvalue weighted by Gasteiger charge is -2.30. The fourth-order valence-corrected chi connectivity index (χ4v) is 7.74. The number of nitrogens with zero attached hydrogens (tertiary/aromatic N) is 3. The van der Waals surface area contributed by atoms with Crippen molar-refractivity contribution in [2.75, 3.05) is 14.7 Å². The molecule has 8 rings (SSSR count). The van der Waals surface area contributed by atoms with Crippen molar-refractivity contribution in [1.82, 2.24) is 0 Å². The first-order valence-electron chi connectivity index (χ1n) is 20.6. The maximum atomic E-state index is 2.37. The average Bonchev–Trinajstić information content (AvgIpc) is 3.25. The lowest BCUT2D eigenvalue weighted by atomic mass is 10.0. The maximum Gasteiger partial charge on any atom is 0.0464 e. The molecular weight excluding hydrogens is 715 g/mol. The van der Waals surface area contributed by atoms with E-state index in [1.807, 2.05) is 0 Å². The maximum absolute atomic E-state index is 2.37. The van der Waals surface area contributed by atoms with Gasteiger partial charge in [0.05, 0.1) is 0 Å². The highest BCUT2D eigenvalue weighted by Crippen LogP contribution is 2.42. The fourth-order valence-electron chi connectivity index (χ4n) is 7.74. The summed E-state index contributed by atoms with van der Waals surface area (Å²) in [4.78, 5) is 7.09. The first-order chi connectivity index (χ1) is 28.5. The first kappa shape index (κ1) is 39.0. The van der Waals surface area contributed by atoms with Crippen molar-refractivity contribution in [3.63, 3.8) is 0 Å². The predicted molar refractivity (Wildman–Crippen MR) is 254 cm³/mol. The van der Waals surface area contributed by atoms with Crippen molar-refractivity contribution in [3.8, 4) is 11.1 Å². The van der Waals surface area contributed by atoms with Gasteiger partial charge in [-0.2, -0.15) is 0 Å². The minimum Gasteiger partial charge on any atom is -0.311 e. The van der Waals surface area contributed by atoms with Crippen LogP contribution in [0.5, 0.6) is 0 Å². The third kappa shape index (κ3) is 8.15. The van der Waals surface area contributed by atoms with Gasteiger partial charge in [-0.1, -0.05) is 66.7 Å². The number of hydrogen-bond donors (Lipinski definition) is 0. The molecule has 3 heteroatoms. The molecule has 0 aromatic heterocycles. The Labute approximate surface area is 351 Å². The zero-order valence-corrected chi connectivity index (χ0v) is 35.6. The molecule has 0 N–H and O–H groups in total. The quantitative estimate of drug-likeness (QED) is 0.137. The Hall–Kier alpha value is -6.84. The van der Waals surface area contributed by atoms with Crippen molar-refractivity contribution in [1.29, 1.82) is 0 Å². The molecule has 0 saturated heterocycles. The Morgan fingerprint density at radius 1 is 0.203 bits per heavy atom. The van der Waals surface area contributed by atoms with E-state index in [0.717, 1.165) is 51.2 Å². The highest BCUT2D eigenvalue weighted by atomic mass is 15.2. The largest absolute Gasteiger partial charge is 0.311 e. The summed E-state index contributed by atoms with van der Waals surface area (Å²) in [6.07, 6.45) is 0. The van der Waals surface area contributed by atoms with E-state index in [-0.39, 0.29) is 0 Å². The van der Waals surface area contributed by atoms with Crippen LogP contribution in [0.2, 0.25) is 0 Å². The third-order valence-electron chi connectivity index (χ3n) is 12.0. The highest BCUT2D eigenvalue weighted by molar-refractivity contribution is 5.84. The Balaban J connectivity index is 1.22. The predicted octanol–water partition coefficient (Wildman–Crippen LogP) is 16.2. The Bertz CT molecular complexity index is 2480. The van der Waals surface area contributed by atoms with Crippen LogP contribution in [0.1, 0.15) is 44.5 Å². The molecule has 0 amide bonds. The summed E-state index contributed by atoms with van der Waals surface area (Å²) < 4.78 is 0. The Kier molecular flexibility index (Phi) is 10.9. The summed E-state index contributed by atoms with van der Waals surface area (Å²) in [5.41, 5.74) is 22.7. The van der Waals surface area contributed by atoms with Crippen LogP contribution in [0, 0.1) is 55.4 Å². The molecule has 0 heterocycles. The zero-order chi connectivity index (χ0) is 41.2. The van der Waals surface area contributed by atoms with Crippen LogP contribution in [0.3, 0.4) is 0 Å². The van der Waals surface area contributed by atoms with E-state index in [1.165, 1.54) is 55.6 Å². The molecule has 3 nitrogen and oxygen atoms in total. The number of rotatable bonds is 10. The summed E-state index contributed by atoms with van der Waals surface area (Å²) in [6.45, 7) is 17.5. The smallest absolute Gasteiger partial charge is 0.0464 e. The van der Waals surface area contributed by atoms with E-state index in [9.17, 15) is 0 Å². The van der Waals surface area contributed by atoms with Crippen LogP contribution in [0.25, 0.3) is 11.1 Å². The Morgan fingerprint density at radius 2 is 0.424 bits per heavy atom. The molecule has 59 heavy (non-hydrogen) atoms. The molecule has 0 unspecified atom stereocenters. The molecule has 0 aliphatic carbocycles. The molecule has 0 aliphatic heterocycles. The van der Waals surface area contributed by atoms with Crippen LogP contribution in [0.15, 0.2) is 176 Å². The zero-order valence-electron chi connectivity index (χ0n) is 35.6. The van der Waals surface area contributed by atoms with Gasteiger partial charge >= 0.3 is 0 Å². The number of aryl methyl sites for hydroxylation is 8. The number of benzene rings is 8. The van der Waals surface area contributed by atoms with E-state index in [4.69, 9.17) is 0 Å². The average molecular weight is 768 g/mol.